The molecule has 2 unspecified atom stereocenters. The van der Waals surface area contributed by atoms with Crippen LogP contribution in [0.2, 0.25) is 0 Å². The number of alkyl halides is 1. The third-order valence-corrected chi connectivity index (χ3v) is 7.14. The fourth-order valence-corrected chi connectivity index (χ4v) is 4.38. The molecule has 1 aliphatic rings. The van der Waals surface area contributed by atoms with Crippen molar-refractivity contribution in [3.05, 3.63) is 71.8 Å². The van der Waals surface area contributed by atoms with E-state index < -0.39 is 0 Å². The molecule has 2 aromatic carbocycles. The van der Waals surface area contributed by atoms with Crippen LogP contribution in [0.1, 0.15) is 44.2 Å². The first-order valence-electron chi connectivity index (χ1n) is 10.4. The lowest BCUT2D eigenvalue weighted by molar-refractivity contribution is -0.0767. The molecule has 29 heavy (non-hydrogen) atoms. The lowest BCUT2D eigenvalue weighted by Gasteiger charge is -2.41. The number of carbonyl (C=O) groups is 1. The van der Waals surface area contributed by atoms with Gasteiger partial charge in [0, 0.05) is 10.5 Å². The van der Waals surface area contributed by atoms with E-state index in [1.807, 2.05) is 53.4 Å². The van der Waals surface area contributed by atoms with Crippen LogP contribution in [0, 0.1) is 0 Å². The van der Waals surface area contributed by atoms with Crippen LogP contribution < -0.4 is 0 Å². The zero-order chi connectivity index (χ0) is 20.6. The average molecular weight is 507 g/mol. The second-order valence-corrected chi connectivity index (χ2v) is 9.20. The molecule has 0 N–H and O–H groups in total. The number of nitrogens with zero attached hydrogens (tertiary/aromatic N) is 1. The third-order valence-electron chi connectivity index (χ3n) is 5.51. The Morgan fingerprint density at radius 2 is 1.72 bits per heavy atom. The lowest BCUT2D eigenvalue weighted by atomic mass is 9.96. The maximum absolute atomic E-state index is 13.2. The molecule has 0 aromatic heterocycles. The minimum Gasteiger partial charge on any atom is -0.445 e. The van der Waals surface area contributed by atoms with Crippen LogP contribution in [0.25, 0.3) is 0 Å². The number of halogens is 1. The van der Waals surface area contributed by atoms with E-state index >= 15 is 0 Å². The SMILES string of the molecule is CC[C@@H]([C@@H]1CCC(I)C(C)O1)N(Cc1ccccc1)C(=O)OCc1ccccc1. The summed E-state index contributed by atoms with van der Waals surface area (Å²) in [5, 5.41) is 0. The number of benzene rings is 2. The van der Waals surface area contributed by atoms with E-state index in [1.165, 1.54) is 0 Å². The Kier molecular flexibility index (Phi) is 8.36. The van der Waals surface area contributed by atoms with Crippen molar-refractivity contribution < 1.29 is 14.3 Å². The second kappa shape index (κ2) is 11.0. The quantitative estimate of drug-likeness (QED) is 0.342. The van der Waals surface area contributed by atoms with Gasteiger partial charge in [0.15, 0.2) is 0 Å². The maximum atomic E-state index is 13.2. The lowest BCUT2D eigenvalue weighted by Crippen LogP contribution is -2.50. The molecule has 5 heteroatoms. The number of carbonyl (C=O) groups excluding carboxylic acids is 1. The van der Waals surface area contributed by atoms with Crippen LogP contribution in [-0.2, 0) is 22.6 Å². The molecule has 1 amide bonds. The normalized spacial score (nSPS) is 22.7. The Bertz CT molecular complexity index is 755. The van der Waals surface area contributed by atoms with Crippen LogP contribution in [0.15, 0.2) is 60.7 Å². The van der Waals surface area contributed by atoms with Crippen LogP contribution >= 0.6 is 22.6 Å². The van der Waals surface area contributed by atoms with E-state index in [1.54, 1.807) is 0 Å². The number of hydrogen-bond acceptors (Lipinski definition) is 3. The van der Waals surface area contributed by atoms with Crippen molar-refractivity contribution in [2.45, 2.75) is 68.4 Å². The number of rotatable bonds is 7. The van der Waals surface area contributed by atoms with Crippen LogP contribution in [0.4, 0.5) is 4.79 Å². The summed E-state index contributed by atoms with van der Waals surface area (Å²) < 4.78 is 12.6. The Hall–Kier alpha value is -1.60. The highest BCUT2D eigenvalue weighted by atomic mass is 127. The van der Waals surface area contributed by atoms with Gasteiger partial charge in [-0.25, -0.2) is 4.79 Å². The van der Waals surface area contributed by atoms with E-state index in [0.717, 1.165) is 30.4 Å². The molecule has 3 rings (SSSR count). The summed E-state index contributed by atoms with van der Waals surface area (Å²) in [6, 6.07) is 19.9. The molecule has 1 fully saturated rings. The van der Waals surface area contributed by atoms with Gasteiger partial charge in [-0.15, -0.1) is 0 Å². The van der Waals surface area contributed by atoms with E-state index in [2.05, 4.69) is 48.6 Å². The monoisotopic (exact) mass is 507 g/mol. The van der Waals surface area contributed by atoms with Crippen molar-refractivity contribution >= 4 is 28.7 Å². The van der Waals surface area contributed by atoms with Crippen LogP contribution in [0.3, 0.4) is 0 Å². The van der Waals surface area contributed by atoms with E-state index in [4.69, 9.17) is 9.47 Å². The Labute approximate surface area is 187 Å². The van der Waals surface area contributed by atoms with Gasteiger partial charge >= 0.3 is 6.09 Å². The summed E-state index contributed by atoms with van der Waals surface area (Å²) in [5.41, 5.74) is 2.09. The molecule has 0 spiro atoms. The summed E-state index contributed by atoms with van der Waals surface area (Å²) in [5.74, 6) is 0. The fourth-order valence-electron chi connectivity index (χ4n) is 3.85. The summed E-state index contributed by atoms with van der Waals surface area (Å²) in [4.78, 5) is 15.0. The molecule has 0 bridgehead atoms. The highest BCUT2D eigenvalue weighted by Gasteiger charge is 2.36. The predicted molar refractivity (Wildman–Crippen MR) is 124 cm³/mol. The molecule has 1 saturated heterocycles. The first kappa shape index (κ1) is 22.1. The van der Waals surface area contributed by atoms with Gasteiger partial charge in [0.25, 0.3) is 0 Å². The van der Waals surface area contributed by atoms with Gasteiger partial charge in [-0.3, -0.25) is 4.90 Å². The molecule has 4 nitrogen and oxygen atoms in total. The van der Waals surface area contributed by atoms with Crippen molar-refractivity contribution in [2.75, 3.05) is 0 Å². The van der Waals surface area contributed by atoms with Crippen molar-refractivity contribution in [3.63, 3.8) is 0 Å². The first-order valence-corrected chi connectivity index (χ1v) is 11.6. The number of ether oxygens (including phenoxy) is 2. The molecule has 4 atom stereocenters. The predicted octanol–water partition coefficient (Wildman–Crippen LogP) is 5.98. The molecular weight excluding hydrogens is 477 g/mol. The zero-order valence-corrected chi connectivity index (χ0v) is 19.3. The van der Waals surface area contributed by atoms with Gasteiger partial charge in [-0.05, 0) is 37.3 Å². The van der Waals surface area contributed by atoms with Crippen molar-refractivity contribution in [3.8, 4) is 0 Å². The minimum absolute atomic E-state index is 0.00942. The summed E-state index contributed by atoms with van der Waals surface area (Å²) in [6.45, 7) is 5.05. The molecule has 1 aliphatic heterocycles. The van der Waals surface area contributed by atoms with Gasteiger partial charge in [0.1, 0.15) is 6.61 Å². The minimum atomic E-state index is -0.280. The second-order valence-electron chi connectivity index (χ2n) is 7.60. The van der Waals surface area contributed by atoms with E-state index in [-0.39, 0.29) is 30.9 Å². The van der Waals surface area contributed by atoms with Gasteiger partial charge in [0.05, 0.1) is 18.2 Å². The fraction of sp³-hybridized carbons (Fsp3) is 0.458. The van der Waals surface area contributed by atoms with Crippen LogP contribution in [-0.4, -0.2) is 33.2 Å². The molecule has 0 radical (unpaired) electrons. The van der Waals surface area contributed by atoms with Gasteiger partial charge in [-0.2, -0.15) is 0 Å². The molecule has 1 heterocycles. The molecular formula is C24H30INO3. The summed E-state index contributed by atoms with van der Waals surface area (Å²) >= 11 is 2.47. The zero-order valence-electron chi connectivity index (χ0n) is 17.2. The van der Waals surface area contributed by atoms with Gasteiger partial charge in [0.2, 0.25) is 0 Å². The summed E-state index contributed by atoms with van der Waals surface area (Å²) in [6.07, 6.45) is 2.86. The van der Waals surface area contributed by atoms with Crippen molar-refractivity contribution in [1.82, 2.24) is 4.90 Å². The Morgan fingerprint density at radius 1 is 1.10 bits per heavy atom. The van der Waals surface area contributed by atoms with E-state index in [9.17, 15) is 4.79 Å². The molecule has 156 valence electrons. The van der Waals surface area contributed by atoms with Gasteiger partial charge in [-0.1, -0.05) is 90.2 Å². The van der Waals surface area contributed by atoms with E-state index in [0.29, 0.717) is 10.5 Å². The van der Waals surface area contributed by atoms with Gasteiger partial charge < -0.3 is 9.47 Å². The topological polar surface area (TPSA) is 38.8 Å². The molecule has 0 aliphatic carbocycles. The number of hydrogen-bond donors (Lipinski definition) is 0. The number of amides is 1. The van der Waals surface area contributed by atoms with Crippen molar-refractivity contribution in [1.29, 1.82) is 0 Å². The first-order chi connectivity index (χ1) is 14.1. The smallest absolute Gasteiger partial charge is 0.410 e. The maximum Gasteiger partial charge on any atom is 0.410 e. The standard InChI is InChI=1S/C24H30INO3/c1-3-22(23-15-14-21(25)18(2)29-23)26(16-19-10-6-4-7-11-19)24(27)28-17-20-12-8-5-9-13-20/h4-13,18,21-23H,3,14-17H2,1-2H3/t18?,21?,22-,23-/m0/s1. The summed E-state index contributed by atoms with van der Waals surface area (Å²) in [7, 11) is 0. The molecule has 2 aromatic rings. The van der Waals surface area contributed by atoms with Crippen LogP contribution in [0.5, 0.6) is 0 Å². The van der Waals surface area contributed by atoms with Crippen molar-refractivity contribution in [2.24, 2.45) is 0 Å². The average Bonchev–Trinajstić information content (AvgIpc) is 2.75. The Morgan fingerprint density at radius 3 is 2.31 bits per heavy atom. The highest BCUT2D eigenvalue weighted by Crippen LogP contribution is 2.30. The molecule has 0 saturated carbocycles. The Balaban J connectivity index is 1.76. The third kappa shape index (κ3) is 6.19. The highest BCUT2D eigenvalue weighted by molar-refractivity contribution is 14.1. The largest absolute Gasteiger partial charge is 0.445 e.